The molecule has 2 rings (SSSR count). The summed E-state index contributed by atoms with van der Waals surface area (Å²) < 4.78 is 12.5. The molecule has 1 amide bonds. The Balaban J connectivity index is 1.94. The molecule has 0 atom stereocenters. The Morgan fingerprint density at radius 2 is 2.26 bits per heavy atom. The van der Waals surface area contributed by atoms with Crippen LogP contribution >= 0.6 is 11.6 Å². The zero-order valence-electron chi connectivity index (χ0n) is 13.2. The number of rotatable bonds is 8. The number of carbonyl (C=O) groups excluding carboxylic acids is 1. The number of nitrogens with one attached hydrogen (secondary N) is 1. The number of ether oxygens (including phenoxy) is 2. The predicted octanol–water partition coefficient (Wildman–Crippen LogP) is 2.76. The fourth-order valence-electron chi connectivity index (χ4n) is 2.11. The SMILES string of the molecule is CCOc1c(Cl)cc(C(=O)NCCCn2cccn2)cc1OC. The van der Waals surface area contributed by atoms with Crippen molar-refractivity contribution in [2.75, 3.05) is 20.3 Å². The molecule has 1 aromatic carbocycles. The average Bonchev–Trinajstić information content (AvgIpc) is 3.06. The molecule has 0 aliphatic carbocycles. The van der Waals surface area contributed by atoms with Gasteiger partial charge in [0.15, 0.2) is 11.5 Å². The fourth-order valence-corrected chi connectivity index (χ4v) is 2.38. The van der Waals surface area contributed by atoms with Gasteiger partial charge in [-0.2, -0.15) is 5.10 Å². The Hall–Kier alpha value is -2.21. The van der Waals surface area contributed by atoms with Gasteiger partial charge in [-0.25, -0.2) is 0 Å². The lowest BCUT2D eigenvalue weighted by atomic mass is 10.2. The normalized spacial score (nSPS) is 10.4. The molecular formula is C16H20ClN3O3. The van der Waals surface area contributed by atoms with Gasteiger partial charge >= 0.3 is 0 Å². The highest BCUT2D eigenvalue weighted by molar-refractivity contribution is 6.32. The summed E-state index contributed by atoms with van der Waals surface area (Å²) in [5, 5.41) is 7.32. The molecule has 0 saturated carbocycles. The summed E-state index contributed by atoms with van der Waals surface area (Å²) in [6, 6.07) is 5.07. The Kier molecular flexibility index (Phi) is 6.29. The summed E-state index contributed by atoms with van der Waals surface area (Å²) in [6.45, 7) is 3.62. The van der Waals surface area contributed by atoms with Crippen molar-refractivity contribution in [3.8, 4) is 11.5 Å². The number of benzene rings is 1. The van der Waals surface area contributed by atoms with Gasteiger partial charge in [-0.1, -0.05) is 11.6 Å². The number of nitrogens with zero attached hydrogens (tertiary/aromatic N) is 2. The molecule has 0 saturated heterocycles. The van der Waals surface area contributed by atoms with E-state index in [9.17, 15) is 4.79 Å². The van der Waals surface area contributed by atoms with E-state index in [0.717, 1.165) is 13.0 Å². The maximum Gasteiger partial charge on any atom is 0.251 e. The average molecular weight is 338 g/mol. The summed E-state index contributed by atoms with van der Waals surface area (Å²) >= 11 is 6.17. The van der Waals surface area contributed by atoms with E-state index in [1.807, 2.05) is 23.9 Å². The van der Waals surface area contributed by atoms with Crippen LogP contribution in [0, 0.1) is 0 Å². The molecule has 0 radical (unpaired) electrons. The van der Waals surface area contributed by atoms with E-state index >= 15 is 0 Å². The summed E-state index contributed by atoms with van der Waals surface area (Å²) in [6.07, 6.45) is 4.40. The van der Waals surface area contributed by atoms with Crippen molar-refractivity contribution in [1.82, 2.24) is 15.1 Å². The van der Waals surface area contributed by atoms with Crippen LogP contribution in [0.15, 0.2) is 30.6 Å². The van der Waals surface area contributed by atoms with Gasteiger partial charge < -0.3 is 14.8 Å². The van der Waals surface area contributed by atoms with Crippen LogP contribution in [0.3, 0.4) is 0 Å². The minimum atomic E-state index is -0.200. The van der Waals surface area contributed by atoms with Gasteiger partial charge in [-0.3, -0.25) is 9.48 Å². The van der Waals surface area contributed by atoms with Crippen molar-refractivity contribution in [2.24, 2.45) is 0 Å². The number of aryl methyl sites for hydroxylation is 1. The zero-order chi connectivity index (χ0) is 16.7. The molecule has 0 spiro atoms. The van der Waals surface area contributed by atoms with Crippen molar-refractivity contribution in [3.05, 3.63) is 41.2 Å². The summed E-state index contributed by atoms with van der Waals surface area (Å²) in [5.41, 5.74) is 0.439. The van der Waals surface area contributed by atoms with E-state index in [-0.39, 0.29) is 5.91 Å². The van der Waals surface area contributed by atoms with Crippen LogP contribution in [-0.4, -0.2) is 35.9 Å². The first-order valence-corrected chi connectivity index (χ1v) is 7.79. The molecule has 0 bridgehead atoms. The molecule has 0 aliphatic heterocycles. The van der Waals surface area contributed by atoms with Gasteiger partial charge in [-0.05, 0) is 31.5 Å². The second-order valence-corrected chi connectivity index (χ2v) is 5.21. The van der Waals surface area contributed by atoms with Crippen LogP contribution < -0.4 is 14.8 Å². The highest BCUT2D eigenvalue weighted by atomic mass is 35.5. The molecule has 0 aliphatic rings. The third-order valence-corrected chi connectivity index (χ3v) is 3.47. The number of hydrogen-bond acceptors (Lipinski definition) is 4. The number of aromatic nitrogens is 2. The van der Waals surface area contributed by atoms with Crippen molar-refractivity contribution < 1.29 is 14.3 Å². The topological polar surface area (TPSA) is 65.4 Å². The van der Waals surface area contributed by atoms with Crippen LogP contribution in [0.1, 0.15) is 23.7 Å². The minimum absolute atomic E-state index is 0.200. The minimum Gasteiger partial charge on any atom is -0.493 e. The molecule has 7 heteroatoms. The molecule has 0 fully saturated rings. The fraction of sp³-hybridized carbons (Fsp3) is 0.375. The second kappa shape index (κ2) is 8.43. The van der Waals surface area contributed by atoms with Gasteiger partial charge in [0.2, 0.25) is 0 Å². The first-order valence-electron chi connectivity index (χ1n) is 7.41. The van der Waals surface area contributed by atoms with Crippen LogP contribution in [0.5, 0.6) is 11.5 Å². The highest BCUT2D eigenvalue weighted by Crippen LogP contribution is 2.36. The lowest BCUT2D eigenvalue weighted by Crippen LogP contribution is -2.25. The predicted molar refractivity (Wildman–Crippen MR) is 88.4 cm³/mol. The van der Waals surface area contributed by atoms with E-state index in [2.05, 4.69) is 10.4 Å². The van der Waals surface area contributed by atoms with Crippen molar-refractivity contribution in [1.29, 1.82) is 0 Å². The summed E-state index contributed by atoms with van der Waals surface area (Å²) in [5.74, 6) is 0.696. The molecule has 23 heavy (non-hydrogen) atoms. The Morgan fingerprint density at radius 1 is 1.43 bits per heavy atom. The largest absolute Gasteiger partial charge is 0.493 e. The summed E-state index contributed by atoms with van der Waals surface area (Å²) in [7, 11) is 1.51. The first kappa shape index (κ1) is 17.1. The van der Waals surface area contributed by atoms with Crippen LogP contribution in [0.2, 0.25) is 5.02 Å². The lowest BCUT2D eigenvalue weighted by molar-refractivity contribution is 0.0952. The van der Waals surface area contributed by atoms with Crippen LogP contribution in [0.25, 0.3) is 0 Å². The number of methoxy groups -OCH3 is 1. The van der Waals surface area contributed by atoms with E-state index in [0.29, 0.717) is 35.2 Å². The number of carbonyl (C=O) groups is 1. The molecule has 2 aromatic rings. The van der Waals surface area contributed by atoms with Gasteiger partial charge in [0, 0.05) is 31.0 Å². The second-order valence-electron chi connectivity index (χ2n) is 4.80. The maximum atomic E-state index is 12.2. The molecule has 6 nitrogen and oxygen atoms in total. The maximum absolute atomic E-state index is 12.2. The van der Waals surface area contributed by atoms with E-state index in [4.69, 9.17) is 21.1 Å². The quantitative estimate of drug-likeness (QED) is 0.752. The van der Waals surface area contributed by atoms with Crippen molar-refractivity contribution >= 4 is 17.5 Å². The van der Waals surface area contributed by atoms with Gasteiger partial charge in [0.25, 0.3) is 5.91 Å². The van der Waals surface area contributed by atoms with Crippen LogP contribution in [-0.2, 0) is 6.54 Å². The van der Waals surface area contributed by atoms with Gasteiger partial charge in [0.05, 0.1) is 18.7 Å². The molecule has 124 valence electrons. The standard InChI is InChI=1S/C16H20ClN3O3/c1-3-23-15-13(17)10-12(11-14(15)22-2)16(21)18-6-4-8-20-9-5-7-19-20/h5,7,9-11H,3-4,6,8H2,1-2H3,(H,18,21). The number of halogens is 1. The molecule has 1 N–H and O–H groups in total. The molecule has 0 unspecified atom stereocenters. The monoisotopic (exact) mass is 337 g/mol. The van der Waals surface area contributed by atoms with Crippen molar-refractivity contribution in [3.63, 3.8) is 0 Å². The van der Waals surface area contributed by atoms with E-state index in [1.54, 1.807) is 18.3 Å². The smallest absolute Gasteiger partial charge is 0.251 e. The number of hydrogen-bond donors (Lipinski definition) is 1. The Bertz CT molecular complexity index is 644. The molecule has 1 heterocycles. The highest BCUT2D eigenvalue weighted by Gasteiger charge is 2.15. The lowest BCUT2D eigenvalue weighted by Gasteiger charge is -2.13. The van der Waals surface area contributed by atoms with E-state index < -0.39 is 0 Å². The zero-order valence-corrected chi connectivity index (χ0v) is 14.0. The molecular weight excluding hydrogens is 318 g/mol. The summed E-state index contributed by atoms with van der Waals surface area (Å²) in [4.78, 5) is 12.2. The van der Waals surface area contributed by atoms with Crippen molar-refractivity contribution in [2.45, 2.75) is 19.9 Å². The van der Waals surface area contributed by atoms with E-state index in [1.165, 1.54) is 7.11 Å². The Labute approximate surface area is 140 Å². The van der Waals surface area contributed by atoms with Gasteiger partial charge in [-0.15, -0.1) is 0 Å². The number of amides is 1. The third kappa shape index (κ3) is 4.63. The van der Waals surface area contributed by atoms with Crippen LogP contribution in [0.4, 0.5) is 0 Å². The third-order valence-electron chi connectivity index (χ3n) is 3.19. The Morgan fingerprint density at radius 3 is 2.91 bits per heavy atom. The van der Waals surface area contributed by atoms with Gasteiger partial charge in [0.1, 0.15) is 0 Å². The first-order chi connectivity index (χ1) is 11.2. The molecule has 1 aromatic heterocycles.